The van der Waals surface area contributed by atoms with Crippen molar-refractivity contribution in [2.45, 2.75) is 33.2 Å². The molecule has 0 radical (unpaired) electrons. The lowest BCUT2D eigenvalue weighted by Gasteiger charge is -2.31. The summed E-state index contributed by atoms with van der Waals surface area (Å²) in [6, 6.07) is 4.03. The zero-order chi connectivity index (χ0) is 16.4. The van der Waals surface area contributed by atoms with E-state index in [4.69, 9.17) is 4.74 Å². The Bertz CT molecular complexity index is 719. The highest BCUT2D eigenvalue weighted by Crippen LogP contribution is 2.27. The molecule has 124 valence electrons. The topological polar surface area (TPSA) is 51.5 Å². The molecule has 0 aliphatic carbocycles. The molecule has 6 heteroatoms. The highest BCUT2D eigenvalue weighted by molar-refractivity contribution is 7.17. The number of likely N-dealkylation sites (tertiary alicyclic amines) is 1. The van der Waals surface area contributed by atoms with Crippen LogP contribution in [0, 0.1) is 5.92 Å². The maximum absolute atomic E-state index is 12.9. The zero-order valence-electron chi connectivity index (χ0n) is 13.6. The minimum atomic E-state index is -0.196. The molecular weight excluding hydrogens is 312 g/mol. The monoisotopic (exact) mass is 334 g/mol. The highest BCUT2D eigenvalue weighted by atomic mass is 32.1. The van der Waals surface area contributed by atoms with Crippen LogP contribution in [0.25, 0.3) is 10.2 Å². The van der Waals surface area contributed by atoms with Crippen molar-refractivity contribution in [1.82, 2.24) is 9.47 Å². The number of amides is 1. The number of ether oxygens (including phenoxy) is 1. The summed E-state index contributed by atoms with van der Waals surface area (Å²) in [5, 5.41) is 2.04. The number of hydrogen-bond acceptors (Lipinski definition) is 4. The molecule has 0 saturated carbocycles. The molecule has 3 rings (SSSR count). The first-order valence-corrected chi connectivity index (χ1v) is 9.06. The van der Waals surface area contributed by atoms with E-state index in [2.05, 4.69) is 10.6 Å². The van der Waals surface area contributed by atoms with Gasteiger partial charge in [-0.05, 0) is 44.2 Å². The lowest BCUT2D eigenvalue weighted by atomic mass is 9.98. The Balaban J connectivity index is 1.81. The van der Waals surface area contributed by atoms with Gasteiger partial charge in [-0.2, -0.15) is 0 Å². The van der Waals surface area contributed by atoms with Crippen LogP contribution in [-0.2, 0) is 16.1 Å². The van der Waals surface area contributed by atoms with Crippen molar-refractivity contribution in [2.75, 3.05) is 19.7 Å². The molecule has 23 heavy (non-hydrogen) atoms. The van der Waals surface area contributed by atoms with Crippen LogP contribution in [-0.4, -0.2) is 41.0 Å². The van der Waals surface area contributed by atoms with E-state index in [0.717, 1.165) is 35.3 Å². The van der Waals surface area contributed by atoms with E-state index in [0.29, 0.717) is 19.7 Å². The summed E-state index contributed by atoms with van der Waals surface area (Å²) < 4.78 is 8.31. The van der Waals surface area contributed by atoms with Crippen molar-refractivity contribution in [2.24, 2.45) is 5.92 Å². The number of thiophene rings is 1. The van der Waals surface area contributed by atoms with Crippen molar-refractivity contribution < 1.29 is 14.3 Å². The molecule has 3 heterocycles. The maximum atomic E-state index is 12.9. The second-order valence-corrected chi connectivity index (χ2v) is 6.73. The van der Waals surface area contributed by atoms with Crippen LogP contribution in [0.2, 0.25) is 0 Å². The molecule has 1 unspecified atom stereocenters. The van der Waals surface area contributed by atoms with E-state index in [1.54, 1.807) is 16.2 Å². The smallest absolute Gasteiger partial charge is 0.310 e. The van der Waals surface area contributed by atoms with Crippen molar-refractivity contribution in [1.29, 1.82) is 0 Å². The van der Waals surface area contributed by atoms with Gasteiger partial charge in [0, 0.05) is 19.6 Å². The van der Waals surface area contributed by atoms with Crippen LogP contribution in [0.4, 0.5) is 0 Å². The van der Waals surface area contributed by atoms with E-state index in [1.165, 1.54) is 0 Å². The van der Waals surface area contributed by atoms with Gasteiger partial charge in [0.15, 0.2) is 0 Å². The van der Waals surface area contributed by atoms with Gasteiger partial charge in [-0.25, -0.2) is 0 Å². The molecule has 2 aromatic heterocycles. The van der Waals surface area contributed by atoms with E-state index in [1.807, 2.05) is 25.3 Å². The molecule has 1 atom stereocenters. The fraction of sp³-hybridized carbons (Fsp3) is 0.529. The lowest BCUT2D eigenvalue weighted by Crippen LogP contribution is -2.43. The molecule has 0 spiro atoms. The molecule has 1 aliphatic heterocycles. The maximum Gasteiger partial charge on any atom is 0.310 e. The number of rotatable bonds is 4. The summed E-state index contributed by atoms with van der Waals surface area (Å²) in [5.74, 6) is -0.361. The average Bonchev–Trinajstić information content (AvgIpc) is 3.15. The third kappa shape index (κ3) is 3.00. The van der Waals surface area contributed by atoms with Gasteiger partial charge in [0.2, 0.25) is 0 Å². The van der Waals surface area contributed by atoms with Gasteiger partial charge >= 0.3 is 5.97 Å². The third-order valence-electron chi connectivity index (χ3n) is 4.39. The van der Waals surface area contributed by atoms with Gasteiger partial charge in [-0.3, -0.25) is 9.59 Å². The number of piperidine rings is 1. The van der Waals surface area contributed by atoms with Crippen molar-refractivity contribution in [3.05, 3.63) is 23.2 Å². The Hall–Kier alpha value is -1.82. The summed E-state index contributed by atoms with van der Waals surface area (Å²) in [4.78, 5) is 26.7. The van der Waals surface area contributed by atoms with E-state index in [9.17, 15) is 9.59 Å². The van der Waals surface area contributed by atoms with Gasteiger partial charge in [0.05, 0.1) is 22.7 Å². The van der Waals surface area contributed by atoms with Crippen molar-refractivity contribution in [3.63, 3.8) is 0 Å². The molecule has 1 amide bonds. The molecule has 0 aromatic carbocycles. The van der Waals surface area contributed by atoms with Crippen LogP contribution in [0.1, 0.15) is 37.2 Å². The molecule has 1 fully saturated rings. The van der Waals surface area contributed by atoms with Crippen LogP contribution in [0.3, 0.4) is 0 Å². The molecule has 2 aromatic rings. The summed E-state index contributed by atoms with van der Waals surface area (Å²) in [5.41, 5.74) is 1.83. The number of aromatic nitrogens is 1. The van der Waals surface area contributed by atoms with Crippen LogP contribution in [0.5, 0.6) is 0 Å². The second kappa shape index (κ2) is 6.74. The fourth-order valence-corrected chi connectivity index (χ4v) is 4.09. The second-order valence-electron chi connectivity index (χ2n) is 5.79. The van der Waals surface area contributed by atoms with Gasteiger partial charge < -0.3 is 14.2 Å². The minimum absolute atomic E-state index is 0.0178. The zero-order valence-corrected chi connectivity index (χ0v) is 14.4. The van der Waals surface area contributed by atoms with Crippen LogP contribution < -0.4 is 0 Å². The predicted molar refractivity (Wildman–Crippen MR) is 90.7 cm³/mol. The quantitative estimate of drug-likeness (QED) is 0.807. The molecule has 1 aliphatic rings. The summed E-state index contributed by atoms with van der Waals surface area (Å²) in [7, 11) is 0. The normalized spacial score (nSPS) is 18.3. The molecule has 0 N–H and O–H groups in total. The van der Waals surface area contributed by atoms with Gasteiger partial charge in [0.1, 0.15) is 5.69 Å². The highest BCUT2D eigenvalue weighted by Gasteiger charge is 2.31. The standard InChI is InChI=1S/C17H22N2O3S/c1-3-19-13-7-9-23-15(13)10-14(19)16(20)18-8-5-6-12(11-18)17(21)22-4-2/h7,9-10,12H,3-6,8,11H2,1-2H3. The van der Waals surface area contributed by atoms with E-state index < -0.39 is 0 Å². The molecular formula is C17H22N2O3S. The first-order valence-electron chi connectivity index (χ1n) is 8.18. The Morgan fingerprint density at radius 1 is 1.39 bits per heavy atom. The SMILES string of the molecule is CCOC(=O)C1CCCN(C(=O)c2cc3sccc3n2CC)C1. The number of nitrogens with zero attached hydrogens (tertiary/aromatic N) is 2. The van der Waals surface area contributed by atoms with Gasteiger partial charge in [-0.15, -0.1) is 11.3 Å². The summed E-state index contributed by atoms with van der Waals surface area (Å²) in [6.07, 6.45) is 1.64. The number of fused-ring (bicyclic) bond motifs is 1. The number of esters is 1. The number of aryl methyl sites for hydroxylation is 1. The number of carbonyl (C=O) groups excluding carboxylic acids is 2. The Morgan fingerprint density at radius 2 is 2.22 bits per heavy atom. The summed E-state index contributed by atoms with van der Waals surface area (Å²) >= 11 is 1.65. The van der Waals surface area contributed by atoms with E-state index in [-0.39, 0.29) is 17.8 Å². The Labute approximate surface area is 139 Å². The molecule has 5 nitrogen and oxygen atoms in total. The number of hydrogen-bond donors (Lipinski definition) is 0. The first-order chi connectivity index (χ1) is 11.2. The van der Waals surface area contributed by atoms with E-state index >= 15 is 0 Å². The van der Waals surface area contributed by atoms with Crippen LogP contribution >= 0.6 is 11.3 Å². The fourth-order valence-electron chi connectivity index (χ4n) is 3.27. The summed E-state index contributed by atoms with van der Waals surface area (Å²) in [6.45, 7) is 6.17. The molecule has 0 bridgehead atoms. The predicted octanol–water partition coefficient (Wildman–Crippen LogP) is 3.14. The Morgan fingerprint density at radius 3 is 2.96 bits per heavy atom. The first kappa shape index (κ1) is 16.1. The van der Waals surface area contributed by atoms with Gasteiger partial charge in [-0.1, -0.05) is 0 Å². The largest absolute Gasteiger partial charge is 0.466 e. The average molecular weight is 334 g/mol. The third-order valence-corrected chi connectivity index (χ3v) is 5.24. The Kier molecular flexibility index (Phi) is 4.71. The van der Waals surface area contributed by atoms with Crippen molar-refractivity contribution in [3.8, 4) is 0 Å². The van der Waals surface area contributed by atoms with Gasteiger partial charge in [0.25, 0.3) is 5.91 Å². The van der Waals surface area contributed by atoms with Crippen LogP contribution in [0.15, 0.2) is 17.5 Å². The molecule has 1 saturated heterocycles. The van der Waals surface area contributed by atoms with Crippen molar-refractivity contribution >= 4 is 33.4 Å². The lowest BCUT2D eigenvalue weighted by molar-refractivity contribution is -0.149. The minimum Gasteiger partial charge on any atom is -0.466 e. The number of carbonyl (C=O) groups is 2.